The molecule has 4 nitrogen and oxygen atoms in total. The third-order valence-electron chi connectivity index (χ3n) is 2.37. The summed E-state index contributed by atoms with van der Waals surface area (Å²) < 4.78 is 1.04. The second kappa shape index (κ2) is 6.74. The molecule has 1 rings (SSSR count). The summed E-state index contributed by atoms with van der Waals surface area (Å²) >= 11 is 3.42. The number of nitrogens with zero attached hydrogens (tertiary/aromatic N) is 1. The molecule has 17 heavy (non-hydrogen) atoms. The second-order valence-electron chi connectivity index (χ2n) is 4.04. The van der Waals surface area contributed by atoms with E-state index < -0.39 is 0 Å². The van der Waals surface area contributed by atoms with Crippen molar-refractivity contribution in [3.8, 4) is 0 Å². The molecule has 0 heterocycles. The van der Waals surface area contributed by atoms with Gasteiger partial charge >= 0.3 is 0 Å². The van der Waals surface area contributed by atoms with Crippen LogP contribution in [0.1, 0.15) is 5.56 Å². The van der Waals surface area contributed by atoms with Crippen molar-refractivity contribution < 1.29 is 4.79 Å². The van der Waals surface area contributed by atoms with Crippen LogP contribution in [0.2, 0.25) is 0 Å². The minimum Gasteiger partial charge on any atom is -0.329 e. The third kappa shape index (κ3) is 4.85. The number of nitrogens with two attached hydrogens (primary N) is 1. The van der Waals surface area contributed by atoms with E-state index in [4.69, 9.17) is 5.73 Å². The van der Waals surface area contributed by atoms with E-state index in [1.54, 1.807) is 0 Å². The summed E-state index contributed by atoms with van der Waals surface area (Å²) in [6, 6.07) is 5.73. The molecule has 5 heteroatoms. The van der Waals surface area contributed by atoms with Crippen LogP contribution < -0.4 is 11.1 Å². The van der Waals surface area contributed by atoms with Crippen molar-refractivity contribution >= 4 is 27.5 Å². The number of rotatable bonds is 5. The van der Waals surface area contributed by atoms with Crippen molar-refractivity contribution in [1.82, 2.24) is 4.90 Å². The van der Waals surface area contributed by atoms with Gasteiger partial charge in [-0.15, -0.1) is 0 Å². The first-order valence-corrected chi connectivity index (χ1v) is 6.27. The first-order chi connectivity index (χ1) is 8.02. The predicted molar refractivity (Wildman–Crippen MR) is 74.1 cm³/mol. The van der Waals surface area contributed by atoms with Crippen LogP contribution in [0.4, 0.5) is 5.69 Å². The monoisotopic (exact) mass is 299 g/mol. The van der Waals surface area contributed by atoms with E-state index in [1.165, 1.54) is 0 Å². The molecule has 0 saturated carbocycles. The topological polar surface area (TPSA) is 58.4 Å². The van der Waals surface area contributed by atoms with Gasteiger partial charge in [0, 0.05) is 23.2 Å². The van der Waals surface area contributed by atoms with Gasteiger partial charge < -0.3 is 11.1 Å². The zero-order valence-corrected chi connectivity index (χ0v) is 11.8. The molecule has 1 aromatic rings. The third-order valence-corrected chi connectivity index (χ3v) is 3.26. The van der Waals surface area contributed by atoms with Crippen LogP contribution in [-0.2, 0) is 4.79 Å². The highest BCUT2D eigenvalue weighted by Crippen LogP contribution is 2.19. The summed E-state index contributed by atoms with van der Waals surface area (Å²) in [6.45, 7) is 3.61. The average molecular weight is 300 g/mol. The number of carbonyl (C=O) groups excluding carboxylic acids is 1. The minimum atomic E-state index is -0.0253. The van der Waals surface area contributed by atoms with Gasteiger partial charge in [0.1, 0.15) is 0 Å². The van der Waals surface area contributed by atoms with Gasteiger partial charge in [0.25, 0.3) is 0 Å². The van der Waals surface area contributed by atoms with E-state index in [0.717, 1.165) is 15.7 Å². The largest absolute Gasteiger partial charge is 0.329 e. The number of amides is 1. The molecule has 1 aromatic carbocycles. The van der Waals surface area contributed by atoms with E-state index in [9.17, 15) is 4.79 Å². The summed E-state index contributed by atoms with van der Waals surface area (Å²) in [5.41, 5.74) is 7.33. The van der Waals surface area contributed by atoms with E-state index in [-0.39, 0.29) is 5.91 Å². The number of carbonyl (C=O) groups is 1. The molecule has 1 amide bonds. The van der Waals surface area contributed by atoms with Crippen LogP contribution >= 0.6 is 15.9 Å². The maximum absolute atomic E-state index is 11.7. The van der Waals surface area contributed by atoms with Crippen LogP contribution in [0, 0.1) is 6.92 Å². The quantitative estimate of drug-likeness (QED) is 0.868. The van der Waals surface area contributed by atoms with E-state index in [2.05, 4.69) is 21.2 Å². The number of halogens is 1. The van der Waals surface area contributed by atoms with Crippen molar-refractivity contribution in [3.63, 3.8) is 0 Å². The maximum atomic E-state index is 11.7. The fourth-order valence-corrected chi connectivity index (χ4v) is 1.71. The van der Waals surface area contributed by atoms with Gasteiger partial charge in [-0.25, -0.2) is 0 Å². The Hall–Kier alpha value is -0.910. The molecule has 0 saturated heterocycles. The molecule has 0 bridgehead atoms. The zero-order chi connectivity index (χ0) is 12.8. The molecular formula is C12H18BrN3O. The SMILES string of the molecule is Cc1cc(NC(=O)CN(C)CCN)ccc1Br. The van der Waals surface area contributed by atoms with E-state index in [0.29, 0.717) is 19.6 Å². The van der Waals surface area contributed by atoms with Crippen molar-refractivity contribution in [3.05, 3.63) is 28.2 Å². The standard InChI is InChI=1S/C12H18BrN3O/c1-9-7-10(3-4-11(9)13)15-12(17)8-16(2)6-5-14/h3-4,7H,5-6,8,14H2,1-2H3,(H,15,17). The zero-order valence-electron chi connectivity index (χ0n) is 10.2. The lowest BCUT2D eigenvalue weighted by Crippen LogP contribution is -2.33. The van der Waals surface area contributed by atoms with Crippen molar-refractivity contribution in [2.75, 3.05) is 32.0 Å². The minimum absolute atomic E-state index is 0.0253. The summed E-state index contributed by atoms with van der Waals surface area (Å²) in [5.74, 6) is -0.0253. The predicted octanol–water partition coefficient (Wildman–Crippen LogP) is 1.59. The molecule has 94 valence electrons. The van der Waals surface area contributed by atoms with Crippen LogP contribution in [0.15, 0.2) is 22.7 Å². The highest BCUT2D eigenvalue weighted by molar-refractivity contribution is 9.10. The van der Waals surface area contributed by atoms with Gasteiger partial charge in [0.05, 0.1) is 6.54 Å². The van der Waals surface area contributed by atoms with E-state index >= 15 is 0 Å². The Morgan fingerprint density at radius 2 is 2.24 bits per heavy atom. The second-order valence-corrected chi connectivity index (χ2v) is 4.89. The van der Waals surface area contributed by atoms with Gasteiger partial charge in [-0.1, -0.05) is 15.9 Å². The first-order valence-electron chi connectivity index (χ1n) is 5.47. The lowest BCUT2D eigenvalue weighted by atomic mass is 10.2. The molecule has 0 aromatic heterocycles. The lowest BCUT2D eigenvalue weighted by Gasteiger charge is -2.15. The number of nitrogens with one attached hydrogen (secondary N) is 1. The highest BCUT2D eigenvalue weighted by atomic mass is 79.9. The number of hydrogen-bond acceptors (Lipinski definition) is 3. The van der Waals surface area contributed by atoms with E-state index in [1.807, 2.05) is 37.1 Å². The Labute approximate surface area is 110 Å². The van der Waals surface area contributed by atoms with Crippen LogP contribution in [-0.4, -0.2) is 37.5 Å². The molecular weight excluding hydrogens is 282 g/mol. The number of anilines is 1. The number of hydrogen-bond donors (Lipinski definition) is 2. The van der Waals surface area contributed by atoms with Gasteiger partial charge in [-0.05, 0) is 37.7 Å². The first kappa shape index (κ1) is 14.2. The van der Waals surface area contributed by atoms with Crippen molar-refractivity contribution in [2.24, 2.45) is 5.73 Å². The van der Waals surface area contributed by atoms with Crippen molar-refractivity contribution in [2.45, 2.75) is 6.92 Å². The lowest BCUT2D eigenvalue weighted by molar-refractivity contribution is -0.117. The van der Waals surface area contributed by atoms with Gasteiger partial charge in [0.15, 0.2) is 0 Å². The van der Waals surface area contributed by atoms with Crippen LogP contribution in [0.3, 0.4) is 0 Å². The Kier molecular flexibility index (Phi) is 5.61. The maximum Gasteiger partial charge on any atom is 0.238 e. The van der Waals surface area contributed by atoms with Crippen LogP contribution in [0.25, 0.3) is 0 Å². The summed E-state index contributed by atoms with van der Waals surface area (Å²) in [6.07, 6.45) is 0. The summed E-state index contributed by atoms with van der Waals surface area (Å²) in [4.78, 5) is 13.6. The number of benzene rings is 1. The Morgan fingerprint density at radius 1 is 1.53 bits per heavy atom. The molecule has 0 aliphatic rings. The molecule has 0 fully saturated rings. The smallest absolute Gasteiger partial charge is 0.238 e. The van der Waals surface area contributed by atoms with Gasteiger partial charge in [0.2, 0.25) is 5.91 Å². The summed E-state index contributed by atoms with van der Waals surface area (Å²) in [7, 11) is 1.87. The highest BCUT2D eigenvalue weighted by Gasteiger charge is 2.06. The summed E-state index contributed by atoms with van der Waals surface area (Å²) in [5, 5.41) is 2.86. The molecule has 0 unspecified atom stereocenters. The average Bonchev–Trinajstić information content (AvgIpc) is 2.23. The molecule has 0 aliphatic carbocycles. The molecule has 0 aliphatic heterocycles. The van der Waals surface area contributed by atoms with Crippen LogP contribution in [0.5, 0.6) is 0 Å². The fraction of sp³-hybridized carbons (Fsp3) is 0.417. The van der Waals surface area contributed by atoms with Gasteiger partial charge in [-0.2, -0.15) is 0 Å². The molecule has 3 N–H and O–H groups in total. The Balaban J connectivity index is 2.53. The molecule has 0 spiro atoms. The Morgan fingerprint density at radius 3 is 2.82 bits per heavy atom. The number of likely N-dealkylation sites (N-methyl/N-ethyl adjacent to an activating group) is 1. The Bertz CT molecular complexity index is 395. The molecule has 0 atom stereocenters. The number of aryl methyl sites for hydroxylation is 1. The van der Waals surface area contributed by atoms with Gasteiger partial charge in [-0.3, -0.25) is 9.69 Å². The van der Waals surface area contributed by atoms with Crippen molar-refractivity contribution in [1.29, 1.82) is 0 Å². The normalized spacial score (nSPS) is 10.6. The fourth-order valence-electron chi connectivity index (χ4n) is 1.47. The molecule has 0 radical (unpaired) electrons.